The molecule has 6 heteroatoms. The van der Waals surface area contributed by atoms with Crippen molar-refractivity contribution in [3.63, 3.8) is 0 Å². The lowest BCUT2D eigenvalue weighted by molar-refractivity contribution is 0.145. The summed E-state index contributed by atoms with van der Waals surface area (Å²) in [6, 6.07) is 0.909. The second kappa shape index (κ2) is 4.32. The molecule has 13 heavy (non-hydrogen) atoms. The van der Waals surface area contributed by atoms with Crippen molar-refractivity contribution < 1.29 is 8.78 Å². The standard InChI is InChI=1S/C7H5Br2F2NO/c8-2-3-5(13)1-4(7(10)11)12-6(3)9/h1,7H,2H2,(H,12,13). The van der Waals surface area contributed by atoms with Crippen molar-refractivity contribution in [2.24, 2.45) is 0 Å². The number of hydrogen-bond donors (Lipinski definition) is 1. The molecule has 0 unspecified atom stereocenters. The summed E-state index contributed by atoms with van der Waals surface area (Å²) in [4.78, 5) is 13.6. The van der Waals surface area contributed by atoms with Gasteiger partial charge in [0.2, 0.25) is 0 Å². The van der Waals surface area contributed by atoms with E-state index in [-0.39, 0.29) is 5.69 Å². The number of aromatic nitrogens is 1. The molecule has 0 spiro atoms. The number of aromatic amines is 1. The van der Waals surface area contributed by atoms with Gasteiger partial charge in [-0.05, 0) is 15.9 Å². The van der Waals surface area contributed by atoms with E-state index in [0.717, 1.165) is 6.07 Å². The van der Waals surface area contributed by atoms with Gasteiger partial charge in [0.15, 0.2) is 5.43 Å². The largest absolute Gasteiger partial charge is 0.348 e. The third-order valence-electron chi connectivity index (χ3n) is 1.47. The van der Waals surface area contributed by atoms with Crippen LogP contribution in [0.2, 0.25) is 0 Å². The van der Waals surface area contributed by atoms with Crippen molar-refractivity contribution in [2.45, 2.75) is 11.8 Å². The molecule has 0 amide bonds. The number of pyridine rings is 1. The molecule has 0 radical (unpaired) electrons. The Bertz CT molecular complexity index is 364. The molecule has 1 aromatic heterocycles. The molecule has 1 rings (SSSR count). The highest BCUT2D eigenvalue weighted by molar-refractivity contribution is 9.10. The molecule has 1 heterocycles. The van der Waals surface area contributed by atoms with Crippen LogP contribution in [0.4, 0.5) is 8.78 Å². The maximum Gasteiger partial charge on any atom is 0.278 e. The maximum atomic E-state index is 12.2. The lowest BCUT2D eigenvalue weighted by atomic mass is 10.2. The predicted molar refractivity (Wildman–Crippen MR) is 52.4 cm³/mol. The van der Waals surface area contributed by atoms with E-state index in [9.17, 15) is 13.6 Å². The summed E-state index contributed by atoms with van der Waals surface area (Å²) >= 11 is 6.09. The molecule has 0 aliphatic heterocycles. The Hall–Kier alpha value is -0.230. The molecule has 1 N–H and O–H groups in total. The summed E-state index contributed by atoms with van der Waals surface area (Å²) in [5.41, 5.74) is -0.372. The zero-order valence-electron chi connectivity index (χ0n) is 6.28. The summed E-state index contributed by atoms with van der Waals surface area (Å²) in [7, 11) is 0. The van der Waals surface area contributed by atoms with Crippen LogP contribution < -0.4 is 5.43 Å². The van der Waals surface area contributed by atoms with Crippen molar-refractivity contribution in [3.05, 3.63) is 32.2 Å². The fourth-order valence-corrected chi connectivity index (χ4v) is 2.31. The number of alkyl halides is 3. The Labute approximate surface area is 89.6 Å². The quantitative estimate of drug-likeness (QED) is 0.660. The van der Waals surface area contributed by atoms with Gasteiger partial charge in [-0.1, -0.05) is 15.9 Å². The highest BCUT2D eigenvalue weighted by atomic mass is 79.9. The van der Waals surface area contributed by atoms with E-state index >= 15 is 0 Å². The van der Waals surface area contributed by atoms with Gasteiger partial charge in [0, 0.05) is 17.0 Å². The molecule has 1 aromatic rings. The van der Waals surface area contributed by atoms with Gasteiger partial charge in [0.1, 0.15) is 0 Å². The number of nitrogens with one attached hydrogen (secondary N) is 1. The molecule has 0 aliphatic rings. The molecule has 72 valence electrons. The SMILES string of the molecule is O=c1cc(C(F)F)[nH]c(Br)c1CBr. The van der Waals surface area contributed by atoms with Crippen LogP contribution in [0, 0.1) is 0 Å². The summed E-state index contributed by atoms with van der Waals surface area (Å²) < 4.78 is 24.6. The van der Waals surface area contributed by atoms with Crippen LogP contribution in [0.15, 0.2) is 15.5 Å². The average molecular weight is 317 g/mol. The predicted octanol–water partition coefficient (Wildman–Crippen LogP) is 2.97. The number of rotatable bonds is 2. The van der Waals surface area contributed by atoms with E-state index in [1.165, 1.54) is 0 Å². The molecular weight excluding hydrogens is 312 g/mol. The minimum absolute atomic E-state index is 0.298. The Morgan fingerprint density at radius 3 is 2.54 bits per heavy atom. The summed E-state index contributed by atoms with van der Waals surface area (Å²) in [5.74, 6) is 0. The lowest BCUT2D eigenvalue weighted by Gasteiger charge is -2.03. The van der Waals surface area contributed by atoms with Gasteiger partial charge >= 0.3 is 0 Å². The van der Waals surface area contributed by atoms with Crippen LogP contribution in [0.25, 0.3) is 0 Å². The minimum Gasteiger partial charge on any atom is -0.348 e. The molecule has 0 saturated carbocycles. The second-order valence-electron chi connectivity index (χ2n) is 2.32. The van der Waals surface area contributed by atoms with Crippen molar-refractivity contribution in [2.75, 3.05) is 0 Å². The smallest absolute Gasteiger partial charge is 0.278 e. The van der Waals surface area contributed by atoms with Crippen LogP contribution in [-0.4, -0.2) is 4.98 Å². The Morgan fingerprint density at radius 2 is 2.15 bits per heavy atom. The molecule has 2 nitrogen and oxygen atoms in total. The molecule has 0 saturated heterocycles. The molecule has 0 aliphatic carbocycles. The van der Waals surface area contributed by atoms with Gasteiger partial charge in [-0.3, -0.25) is 4.79 Å². The van der Waals surface area contributed by atoms with Gasteiger partial charge in [-0.25, -0.2) is 8.78 Å². The summed E-state index contributed by atoms with van der Waals surface area (Å²) in [6.07, 6.45) is -2.66. The first kappa shape index (κ1) is 10.8. The lowest BCUT2D eigenvalue weighted by Crippen LogP contribution is -2.10. The normalized spacial score (nSPS) is 10.8. The third kappa shape index (κ3) is 2.37. The Kier molecular flexibility index (Phi) is 3.61. The number of halogens is 4. The fraction of sp³-hybridized carbons (Fsp3) is 0.286. The minimum atomic E-state index is -2.66. The van der Waals surface area contributed by atoms with Crippen molar-refractivity contribution in [1.82, 2.24) is 4.98 Å². The zero-order chi connectivity index (χ0) is 10.0. The Balaban J connectivity index is 3.29. The van der Waals surface area contributed by atoms with Crippen LogP contribution in [0.3, 0.4) is 0 Å². The Morgan fingerprint density at radius 1 is 1.54 bits per heavy atom. The van der Waals surface area contributed by atoms with Gasteiger partial charge in [0.25, 0.3) is 6.43 Å². The molecular formula is C7H5Br2F2NO. The number of H-pyrrole nitrogens is 1. The fourth-order valence-electron chi connectivity index (χ4n) is 0.817. The monoisotopic (exact) mass is 315 g/mol. The van der Waals surface area contributed by atoms with E-state index in [2.05, 4.69) is 36.8 Å². The molecule has 0 fully saturated rings. The number of hydrogen-bond acceptors (Lipinski definition) is 1. The van der Waals surface area contributed by atoms with Crippen LogP contribution >= 0.6 is 31.9 Å². The highest BCUT2D eigenvalue weighted by Crippen LogP contribution is 2.19. The summed E-state index contributed by atoms with van der Waals surface area (Å²) in [5, 5.41) is 0.326. The van der Waals surface area contributed by atoms with Crippen molar-refractivity contribution >= 4 is 31.9 Å². The maximum absolute atomic E-state index is 12.2. The van der Waals surface area contributed by atoms with Gasteiger partial charge in [0.05, 0.1) is 10.3 Å². The van der Waals surface area contributed by atoms with E-state index in [0.29, 0.717) is 15.5 Å². The topological polar surface area (TPSA) is 32.9 Å². The van der Waals surface area contributed by atoms with Crippen LogP contribution in [0.5, 0.6) is 0 Å². The first-order chi connectivity index (χ1) is 6.06. The van der Waals surface area contributed by atoms with Gasteiger partial charge < -0.3 is 4.98 Å². The van der Waals surface area contributed by atoms with Crippen molar-refractivity contribution in [1.29, 1.82) is 0 Å². The zero-order valence-corrected chi connectivity index (χ0v) is 9.45. The second-order valence-corrected chi connectivity index (χ2v) is 3.67. The average Bonchev–Trinajstić information content (AvgIpc) is 2.03. The first-order valence-corrected chi connectivity index (χ1v) is 5.23. The van der Waals surface area contributed by atoms with Crippen LogP contribution in [0.1, 0.15) is 17.7 Å². The van der Waals surface area contributed by atoms with E-state index in [1.807, 2.05) is 0 Å². The van der Waals surface area contributed by atoms with E-state index in [4.69, 9.17) is 0 Å². The van der Waals surface area contributed by atoms with Crippen molar-refractivity contribution in [3.8, 4) is 0 Å². The first-order valence-electron chi connectivity index (χ1n) is 3.32. The molecule has 0 bridgehead atoms. The molecule has 0 atom stereocenters. The third-order valence-corrected chi connectivity index (χ3v) is 2.71. The molecule has 0 aromatic carbocycles. The summed E-state index contributed by atoms with van der Waals surface area (Å²) in [6.45, 7) is 0. The highest BCUT2D eigenvalue weighted by Gasteiger charge is 2.12. The van der Waals surface area contributed by atoms with E-state index < -0.39 is 11.9 Å². The van der Waals surface area contributed by atoms with E-state index in [1.54, 1.807) is 0 Å². The van der Waals surface area contributed by atoms with Crippen LogP contribution in [-0.2, 0) is 5.33 Å². The van der Waals surface area contributed by atoms with Gasteiger partial charge in [-0.15, -0.1) is 0 Å². The van der Waals surface area contributed by atoms with Gasteiger partial charge in [-0.2, -0.15) is 0 Å².